The third kappa shape index (κ3) is 3.58. The quantitative estimate of drug-likeness (QED) is 0.928. The van der Waals surface area contributed by atoms with E-state index in [-0.39, 0.29) is 11.7 Å². The Kier molecular flexibility index (Phi) is 4.29. The molecule has 2 atom stereocenters. The van der Waals surface area contributed by atoms with Gasteiger partial charge in [-0.2, -0.15) is 0 Å². The number of imidazole rings is 1. The van der Waals surface area contributed by atoms with Crippen LogP contribution in [0, 0.1) is 0 Å². The summed E-state index contributed by atoms with van der Waals surface area (Å²) in [5, 5.41) is 3.71. The molecule has 0 unspecified atom stereocenters. The fourth-order valence-corrected chi connectivity index (χ4v) is 3.90. The minimum atomic E-state index is -0.0780. The van der Waals surface area contributed by atoms with Gasteiger partial charge in [0.1, 0.15) is 17.5 Å². The van der Waals surface area contributed by atoms with E-state index >= 15 is 0 Å². The number of aryl methyl sites for hydroxylation is 1. The van der Waals surface area contributed by atoms with Crippen LogP contribution in [0.25, 0.3) is 0 Å². The lowest BCUT2D eigenvalue weighted by Crippen LogP contribution is -2.36. The molecule has 0 bridgehead atoms. The van der Waals surface area contributed by atoms with Gasteiger partial charge < -0.3 is 19.4 Å². The average Bonchev–Trinajstić information content (AvgIpc) is 3.14. The molecule has 1 saturated heterocycles. The minimum absolute atomic E-state index is 0.0780. The van der Waals surface area contributed by atoms with Crippen molar-refractivity contribution >= 4 is 0 Å². The maximum atomic E-state index is 5.97. The van der Waals surface area contributed by atoms with Gasteiger partial charge in [-0.15, -0.1) is 0 Å². The summed E-state index contributed by atoms with van der Waals surface area (Å²) in [5.41, 5.74) is 3.72. The molecule has 5 heteroatoms. The van der Waals surface area contributed by atoms with Gasteiger partial charge in [0.05, 0.1) is 18.2 Å². The number of aromatic nitrogens is 2. The Hall–Kier alpha value is -1.85. The lowest BCUT2D eigenvalue weighted by molar-refractivity contribution is -0.00404. The summed E-state index contributed by atoms with van der Waals surface area (Å²) in [4.78, 5) is 4.21. The van der Waals surface area contributed by atoms with Gasteiger partial charge >= 0.3 is 0 Å². The molecule has 3 heterocycles. The number of benzene rings is 1. The van der Waals surface area contributed by atoms with E-state index in [0.29, 0.717) is 6.04 Å². The largest absolute Gasteiger partial charge is 0.487 e. The van der Waals surface area contributed by atoms with Gasteiger partial charge in [-0.05, 0) is 43.9 Å². The molecule has 25 heavy (non-hydrogen) atoms. The number of hydrogen-bond acceptors (Lipinski definition) is 4. The predicted molar refractivity (Wildman–Crippen MR) is 96.6 cm³/mol. The van der Waals surface area contributed by atoms with Crippen molar-refractivity contribution in [2.24, 2.45) is 7.05 Å². The zero-order valence-corrected chi connectivity index (χ0v) is 15.3. The minimum Gasteiger partial charge on any atom is -0.487 e. The first kappa shape index (κ1) is 16.6. The Morgan fingerprint density at radius 3 is 3.04 bits per heavy atom. The Labute approximate surface area is 149 Å². The van der Waals surface area contributed by atoms with Crippen molar-refractivity contribution in [3.8, 4) is 5.75 Å². The van der Waals surface area contributed by atoms with Gasteiger partial charge in [-0.3, -0.25) is 0 Å². The maximum absolute atomic E-state index is 5.97. The molecule has 0 saturated carbocycles. The molecule has 2 aliphatic rings. The standard InChI is InChI=1S/C20H27N3O2/c1-20(2)10-15-8-14(4-5-18(15)25-20)11-22-16-6-7-24-19(9-16)17-12-21-13-23(17)3/h4-5,8,12-13,16,19,22H,6-7,9-11H2,1-3H3/t16-,19-/m0/s1. The molecule has 1 aromatic carbocycles. The number of nitrogens with one attached hydrogen (secondary N) is 1. The predicted octanol–water partition coefficient (Wildman–Crippen LogP) is 3.14. The second-order valence-electron chi connectivity index (χ2n) is 7.87. The summed E-state index contributed by atoms with van der Waals surface area (Å²) >= 11 is 0. The molecule has 134 valence electrons. The van der Waals surface area contributed by atoms with E-state index in [4.69, 9.17) is 9.47 Å². The van der Waals surface area contributed by atoms with Crippen molar-refractivity contribution in [1.82, 2.24) is 14.9 Å². The zero-order valence-electron chi connectivity index (χ0n) is 15.3. The van der Waals surface area contributed by atoms with Gasteiger partial charge in [0.2, 0.25) is 0 Å². The molecule has 1 fully saturated rings. The average molecular weight is 341 g/mol. The molecule has 1 N–H and O–H groups in total. The van der Waals surface area contributed by atoms with E-state index in [1.54, 1.807) is 0 Å². The lowest BCUT2D eigenvalue weighted by atomic mass is 9.99. The smallest absolute Gasteiger partial charge is 0.123 e. The first-order valence-electron chi connectivity index (χ1n) is 9.12. The second kappa shape index (κ2) is 6.46. The SMILES string of the molecule is Cn1cncc1[C@@H]1C[C@@H](NCc2ccc3c(c2)CC(C)(C)O3)CCO1. The number of fused-ring (bicyclic) bond motifs is 1. The highest BCUT2D eigenvalue weighted by molar-refractivity contribution is 5.41. The number of hydrogen-bond donors (Lipinski definition) is 1. The van der Waals surface area contributed by atoms with Crippen LogP contribution in [0.1, 0.15) is 49.6 Å². The molecule has 2 aliphatic heterocycles. The van der Waals surface area contributed by atoms with Gasteiger partial charge in [0.15, 0.2) is 0 Å². The fraction of sp³-hybridized carbons (Fsp3) is 0.550. The first-order chi connectivity index (χ1) is 12.0. The van der Waals surface area contributed by atoms with Crippen molar-refractivity contribution in [3.63, 3.8) is 0 Å². The summed E-state index contributed by atoms with van der Waals surface area (Å²) < 4.78 is 14.0. The summed E-state index contributed by atoms with van der Waals surface area (Å²) in [6.45, 7) is 5.97. The lowest BCUT2D eigenvalue weighted by Gasteiger charge is -2.30. The van der Waals surface area contributed by atoms with Gasteiger partial charge in [0.25, 0.3) is 0 Å². The summed E-state index contributed by atoms with van der Waals surface area (Å²) in [7, 11) is 2.02. The van der Waals surface area contributed by atoms with E-state index in [1.807, 2.05) is 19.6 Å². The van der Waals surface area contributed by atoms with Crippen LogP contribution in [0.15, 0.2) is 30.7 Å². The Morgan fingerprint density at radius 1 is 1.36 bits per heavy atom. The molecule has 1 aromatic heterocycles. The van der Waals surface area contributed by atoms with Crippen LogP contribution in [0.4, 0.5) is 0 Å². The van der Waals surface area contributed by atoms with Crippen molar-refractivity contribution in [2.45, 2.75) is 57.4 Å². The number of ether oxygens (including phenoxy) is 2. The van der Waals surface area contributed by atoms with Crippen LogP contribution in [0.2, 0.25) is 0 Å². The van der Waals surface area contributed by atoms with Crippen LogP contribution < -0.4 is 10.1 Å². The van der Waals surface area contributed by atoms with E-state index in [1.165, 1.54) is 11.1 Å². The molecule has 4 rings (SSSR count). The van der Waals surface area contributed by atoms with Crippen LogP contribution in [-0.4, -0.2) is 27.8 Å². The van der Waals surface area contributed by atoms with Crippen LogP contribution in [-0.2, 0) is 24.8 Å². The third-order valence-electron chi connectivity index (χ3n) is 5.19. The number of nitrogens with zero attached hydrogens (tertiary/aromatic N) is 2. The Bertz CT molecular complexity index is 753. The summed E-state index contributed by atoms with van der Waals surface area (Å²) in [6, 6.07) is 7.04. The van der Waals surface area contributed by atoms with Crippen molar-refractivity contribution in [2.75, 3.05) is 6.61 Å². The van der Waals surface area contributed by atoms with Gasteiger partial charge in [-0.1, -0.05) is 12.1 Å². The molecule has 0 radical (unpaired) electrons. The number of rotatable bonds is 4. The Balaban J connectivity index is 1.37. The van der Waals surface area contributed by atoms with Crippen molar-refractivity contribution in [3.05, 3.63) is 47.5 Å². The normalized spacial score (nSPS) is 24.8. The molecule has 0 aliphatic carbocycles. The van der Waals surface area contributed by atoms with Crippen LogP contribution in [0.3, 0.4) is 0 Å². The molecule has 5 nitrogen and oxygen atoms in total. The van der Waals surface area contributed by atoms with E-state index in [0.717, 1.165) is 43.9 Å². The molecular formula is C20H27N3O2. The monoisotopic (exact) mass is 341 g/mol. The summed E-state index contributed by atoms with van der Waals surface area (Å²) in [6.07, 6.45) is 6.90. The topological polar surface area (TPSA) is 48.3 Å². The third-order valence-corrected chi connectivity index (χ3v) is 5.19. The summed E-state index contributed by atoms with van der Waals surface area (Å²) in [5.74, 6) is 1.04. The zero-order chi connectivity index (χ0) is 17.4. The Morgan fingerprint density at radius 2 is 2.24 bits per heavy atom. The highest BCUT2D eigenvalue weighted by atomic mass is 16.5. The van der Waals surface area contributed by atoms with Gasteiger partial charge in [0, 0.05) is 32.7 Å². The fourth-order valence-electron chi connectivity index (χ4n) is 3.90. The van der Waals surface area contributed by atoms with Crippen LogP contribution in [0.5, 0.6) is 5.75 Å². The van der Waals surface area contributed by atoms with E-state index in [9.17, 15) is 0 Å². The van der Waals surface area contributed by atoms with Crippen molar-refractivity contribution < 1.29 is 9.47 Å². The highest BCUT2D eigenvalue weighted by Gasteiger charge is 2.30. The maximum Gasteiger partial charge on any atom is 0.123 e. The second-order valence-corrected chi connectivity index (χ2v) is 7.87. The van der Waals surface area contributed by atoms with E-state index < -0.39 is 0 Å². The van der Waals surface area contributed by atoms with Crippen molar-refractivity contribution in [1.29, 1.82) is 0 Å². The molecule has 2 aromatic rings. The molecule has 0 spiro atoms. The molecular weight excluding hydrogens is 314 g/mol. The van der Waals surface area contributed by atoms with E-state index in [2.05, 4.69) is 46.9 Å². The van der Waals surface area contributed by atoms with Gasteiger partial charge in [-0.25, -0.2) is 4.98 Å². The molecule has 0 amide bonds. The van der Waals surface area contributed by atoms with Crippen LogP contribution >= 0.6 is 0 Å². The highest BCUT2D eigenvalue weighted by Crippen LogP contribution is 2.35. The first-order valence-corrected chi connectivity index (χ1v) is 9.12.